The van der Waals surface area contributed by atoms with E-state index in [1.54, 1.807) is 12.4 Å². The average Bonchev–Trinajstić information content (AvgIpc) is 3.52. The molecule has 210 valence electrons. The second-order valence-corrected chi connectivity index (χ2v) is 14.5. The van der Waals surface area contributed by atoms with Crippen LogP contribution in [0.1, 0.15) is 66.2 Å². The lowest BCUT2D eigenvalue weighted by Gasteiger charge is -2.57. The van der Waals surface area contributed by atoms with Crippen LogP contribution >= 0.6 is 23.1 Å². The maximum absolute atomic E-state index is 13.7. The van der Waals surface area contributed by atoms with Gasteiger partial charge in [-0.05, 0) is 48.6 Å². The summed E-state index contributed by atoms with van der Waals surface area (Å²) >= 11 is 2.88. The molecule has 2 aromatic heterocycles. The minimum atomic E-state index is -0.668. The van der Waals surface area contributed by atoms with Crippen LogP contribution in [-0.4, -0.2) is 44.8 Å². The highest BCUT2D eigenvalue weighted by Gasteiger charge is 2.67. The first-order valence-electron chi connectivity index (χ1n) is 14.1. The van der Waals surface area contributed by atoms with Crippen molar-refractivity contribution >= 4 is 34.9 Å². The zero-order valence-corrected chi connectivity index (χ0v) is 25.0. The average molecular weight is 569 g/mol. The van der Waals surface area contributed by atoms with Gasteiger partial charge in [0.05, 0.1) is 17.6 Å². The third-order valence-corrected chi connectivity index (χ3v) is 12.6. The lowest BCUT2D eigenvalue weighted by atomic mass is 9.49. The Balaban J connectivity index is 1.43. The monoisotopic (exact) mass is 568 g/mol. The van der Waals surface area contributed by atoms with Crippen LogP contribution < -0.4 is 0 Å². The first-order chi connectivity index (χ1) is 18.5. The molecule has 0 spiro atoms. The number of Topliss-reactive ketones (excluding diaryl/α,β-unsaturated/α-hetero) is 1. The molecule has 3 aliphatic carbocycles. The van der Waals surface area contributed by atoms with Gasteiger partial charge in [0.15, 0.2) is 4.34 Å². The number of ether oxygens (including phenoxy) is 1. The van der Waals surface area contributed by atoms with Gasteiger partial charge in [0, 0.05) is 46.5 Å². The standard InChI is InChI=1S/C31H40N2O4S2/c1-6-29(4)16-24(37-25(35)18-39-28-33-22(17-38-28)21-10-14-32-15-11-21)30(5)19(2)8-7-12-31(20(3)27(29)36)13-9-23(34)26(30)31/h6,10-11,14-15,17,19-20,24,26-27,36H,1,7-9,12-13,16,18H2,2-5H3/t19-,20+,24-,26+,27+,29-,30+,31+/m1/s1. The van der Waals surface area contributed by atoms with Crippen LogP contribution in [0, 0.1) is 34.0 Å². The highest BCUT2D eigenvalue weighted by atomic mass is 32.2. The van der Waals surface area contributed by atoms with Gasteiger partial charge in [-0.2, -0.15) is 0 Å². The summed E-state index contributed by atoms with van der Waals surface area (Å²) in [6, 6.07) is 3.83. The lowest BCUT2D eigenvalue weighted by molar-refractivity contribution is -0.188. The Hall–Kier alpha value is -2.03. The quantitative estimate of drug-likeness (QED) is 0.239. The van der Waals surface area contributed by atoms with E-state index in [9.17, 15) is 14.7 Å². The second kappa shape index (κ2) is 10.7. The molecule has 8 atom stereocenters. The molecule has 3 aliphatic rings. The number of aliphatic hydroxyl groups is 1. The minimum Gasteiger partial charge on any atom is -0.461 e. The Kier molecular flexibility index (Phi) is 7.85. The molecule has 0 unspecified atom stereocenters. The molecular weight excluding hydrogens is 528 g/mol. The smallest absolute Gasteiger partial charge is 0.316 e. The van der Waals surface area contributed by atoms with E-state index in [1.807, 2.05) is 30.5 Å². The number of esters is 1. The first kappa shape index (κ1) is 28.5. The van der Waals surface area contributed by atoms with Crippen LogP contribution in [-0.2, 0) is 14.3 Å². The molecule has 2 aromatic rings. The summed E-state index contributed by atoms with van der Waals surface area (Å²) in [4.78, 5) is 35.8. The number of hydrogen-bond donors (Lipinski definition) is 1. The van der Waals surface area contributed by atoms with Gasteiger partial charge in [0.2, 0.25) is 0 Å². The molecule has 5 rings (SSSR count). The fourth-order valence-corrected chi connectivity index (χ4v) is 9.66. The van der Waals surface area contributed by atoms with Crippen molar-refractivity contribution in [3.05, 3.63) is 42.6 Å². The van der Waals surface area contributed by atoms with E-state index in [1.165, 1.54) is 23.1 Å². The van der Waals surface area contributed by atoms with Gasteiger partial charge < -0.3 is 9.84 Å². The van der Waals surface area contributed by atoms with Gasteiger partial charge in [0.25, 0.3) is 0 Å². The fourth-order valence-electron chi connectivity index (χ4n) is 8.05. The van der Waals surface area contributed by atoms with E-state index in [4.69, 9.17) is 4.74 Å². The second-order valence-electron chi connectivity index (χ2n) is 12.4. The third kappa shape index (κ3) is 4.80. The number of ketones is 1. The molecule has 0 saturated heterocycles. The molecule has 2 bridgehead atoms. The van der Waals surface area contributed by atoms with Gasteiger partial charge in [0.1, 0.15) is 11.9 Å². The van der Waals surface area contributed by atoms with Crippen LogP contribution in [0.5, 0.6) is 0 Å². The molecule has 8 heteroatoms. The van der Waals surface area contributed by atoms with E-state index < -0.39 is 23.0 Å². The lowest BCUT2D eigenvalue weighted by Crippen LogP contribution is -2.60. The summed E-state index contributed by atoms with van der Waals surface area (Å²) in [5.74, 6) is 0.0262. The Morgan fingerprint density at radius 2 is 2.03 bits per heavy atom. The summed E-state index contributed by atoms with van der Waals surface area (Å²) in [7, 11) is 0. The van der Waals surface area contributed by atoms with E-state index in [0.29, 0.717) is 12.8 Å². The topological polar surface area (TPSA) is 89.4 Å². The largest absolute Gasteiger partial charge is 0.461 e. The van der Waals surface area contributed by atoms with Crippen molar-refractivity contribution in [2.75, 3.05) is 5.75 Å². The van der Waals surface area contributed by atoms with E-state index >= 15 is 0 Å². The number of aromatic nitrogens is 2. The summed E-state index contributed by atoms with van der Waals surface area (Å²) < 4.78 is 7.19. The minimum absolute atomic E-state index is 0.0479. The third-order valence-electron chi connectivity index (χ3n) is 10.6. The number of rotatable bonds is 6. The number of thioether (sulfide) groups is 1. The maximum atomic E-state index is 13.7. The summed E-state index contributed by atoms with van der Waals surface area (Å²) in [5.41, 5.74) is 0.408. The van der Waals surface area contributed by atoms with Gasteiger partial charge in [-0.25, -0.2) is 4.98 Å². The first-order valence-corrected chi connectivity index (χ1v) is 15.9. The van der Waals surface area contributed by atoms with E-state index in [-0.39, 0.29) is 40.7 Å². The summed E-state index contributed by atoms with van der Waals surface area (Å²) in [6.45, 7) is 12.7. The number of nitrogens with zero attached hydrogens (tertiary/aromatic N) is 2. The van der Waals surface area contributed by atoms with Crippen molar-refractivity contribution in [3.63, 3.8) is 0 Å². The van der Waals surface area contributed by atoms with Crippen molar-refractivity contribution in [1.82, 2.24) is 9.97 Å². The van der Waals surface area contributed by atoms with Gasteiger partial charge in [-0.15, -0.1) is 17.9 Å². The predicted octanol–water partition coefficient (Wildman–Crippen LogP) is 6.59. The number of carbonyl (C=O) groups excluding carboxylic acids is 2. The fraction of sp³-hybridized carbons (Fsp3) is 0.613. The molecule has 39 heavy (non-hydrogen) atoms. The number of pyridine rings is 1. The van der Waals surface area contributed by atoms with Crippen molar-refractivity contribution in [2.45, 2.75) is 82.8 Å². The molecule has 3 saturated carbocycles. The number of carbonyl (C=O) groups is 2. The Morgan fingerprint density at radius 3 is 2.74 bits per heavy atom. The molecule has 0 amide bonds. The van der Waals surface area contributed by atoms with Crippen LogP contribution in [0.15, 0.2) is 46.9 Å². The van der Waals surface area contributed by atoms with Crippen molar-refractivity contribution in [2.24, 2.45) is 34.0 Å². The van der Waals surface area contributed by atoms with Crippen molar-refractivity contribution < 1.29 is 19.4 Å². The molecule has 0 aliphatic heterocycles. The highest BCUT2D eigenvalue weighted by molar-refractivity contribution is 8.01. The zero-order chi connectivity index (χ0) is 28.0. The van der Waals surface area contributed by atoms with Crippen LogP contribution in [0.3, 0.4) is 0 Å². The van der Waals surface area contributed by atoms with Gasteiger partial charge in [-0.3, -0.25) is 14.6 Å². The Bertz CT molecular complexity index is 1230. The molecule has 3 fully saturated rings. The van der Waals surface area contributed by atoms with Crippen LogP contribution in [0.25, 0.3) is 11.3 Å². The van der Waals surface area contributed by atoms with Crippen LogP contribution in [0.4, 0.5) is 0 Å². The zero-order valence-electron chi connectivity index (χ0n) is 23.4. The number of aliphatic hydroxyl groups excluding tert-OH is 1. The van der Waals surface area contributed by atoms with Gasteiger partial charge in [-0.1, -0.05) is 58.4 Å². The van der Waals surface area contributed by atoms with Crippen molar-refractivity contribution in [3.8, 4) is 11.3 Å². The number of thiazole rings is 1. The summed E-state index contributed by atoms with van der Waals surface area (Å²) in [5, 5.41) is 13.7. The van der Waals surface area contributed by atoms with Crippen LogP contribution in [0.2, 0.25) is 0 Å². The molecule has 0 radical (unpaired) electrons. The highest BCUT2D eigenvalue weighted by Crippen LogP contribution is 2.66. The number of hydrogen-bond acceptors (Lipinski definition) is 8. The van der Waals surface area contributed by atoms with E-state index in [2.05, 4.69) is 37.3 Å². The summed E-state index contributed by atoms with van der Waals surface area (Å²) in [6.07, 6.45) is 8.85. The Morgan fingerprint density at radius 1 is 1.28 bits per heavy atom. The predicted molar refractivity (Wildman–Crippen MR) is 155 cm³/mol. The van der Waals surface area contributed by atoms with Gasteiger partial charge >= 0.3 is 5.97 Å². The molecule has 6 nitrogen and oxygen atoms in total. The molecular formula is C31H40N2O4S2. The molecule has 1 N–H and O–H groups in total. The van der Waals surface area contributed by atoms with Crippen molar-refractivity contribution in [1.29, 1.82) is 0 Å². The Labute approximate surface area is 240 Å². The normalized spacial score (nSPS) is 38.3. The SMILES string of the molecule is C=C[C@]1(C)C[C@@H](OC(=O)CSc2nc(-c3ccncc3)cs2)[C@]2(C)[C@H](C)CCC[C@]3(CCC(=O)[C@H]32)[C@@H](C)[C@@H]1O. The maximum Gasteiger partial charge on any atom is 0.316 e. The molecule has 2 heterocycles. The van der Waals surface area contributed by atoms with E-state index in [0.717, 1.165) is 41.3 Å². The molecule has 0 aromatic carbocycles.